The summed E-state index contributed by atoms with van der Waals surface area (Å²) < 4.78 is 120. The van der Waals surface area contributed by atoms with Crippen LogP contribution in [0.5, 0.6) is 5.75 Å². The highest BCUT2D eigenvalue weighted by Gasteiger charge is 2.36. The van der Waals surface area contributed by atoms with Gasteiger partial charge in [-0.3, -0.25) is 4.79 Å². The molecule has 10 heteroatoms. The Morgan fingerprint density at radius 1 is 0.714 bits per heavy atom. The lowest BCUT2D eigenvalue weighted by Gasteiger charge is -2.27. The van der Waals surface area contributed by atoms with Gasteiger partial charge in [0.15, 0.2) is 34.9 Å². The monoisotopic (exact) mass is 508 g/mol. The van der Waals surface area contributed by atoms with Gasteiger partial charge < -0.3 is 4.74 Å². The van der Waals surface area contributed by atoms with Gasteiger partial charge in [-0.25, -0.2) is 26.3 Å². The van der Waals surface area contributed by atoms with Crippen LogP contribution in [0.25, 0.3) is 11.1 Å². The molecule has 0 spiro atoms. The molecule has 1 fully saturated rings. The number of unbranched alkanes of at least 4 members (excludes halogenated alkanes) is 1. The van der Waals surface area contributed by atoms with E-state index in [1.807, 2.05) is 6.92 Å². The van der Waals surface area contributed by atoms with Crippen molar-refractivity contribution in [1.82, 2.24) is 0 Å². The number of hydrogen-bond donors (Lipinski definition) is 0. The Hall–Kier alpha value is -2.65. The Kier molecular flexibility index (Phi) is 8.43. The Morgan fingerprint density at radius 3 is 1.60 bits per heavy atom. The van der Waals surface area contributed by atoms with E-state index in [9.17, 15) is 39.9 Å². The third kappa shape index (κ3) is 5.02. The maximum absolute atomic E-state index is 14.7. The van der Waals surface area contributed by atoms with E-state index in [0.717, 1.165) is 19.3 Å². The smallest absolute Gasteiger partial charge is 0.314 e. The minimum Gasteiger partial charge on any atom is -0.420 e. The molecule has 2 aromatic carbocycles. The summed E-state index contributed by atoms with van der Waals surface area (Å²) in [6, 6.07) is 0. The highest BCUT2D eigenvalue weighted by molar-refractivity contribution is 5.76. The maximum atomic E-state index is 14.7. The largest absolute Gasteiger partial charge is 0.420 e. The summed E-state index contributed by atoms with van der Waals surface area (Å²) in [4.78, 5) is 12.4. The van der Waals surface area contributed by atoms with Gasteiger partial charge in [0, 0.05) is 5.56 Å². The highest BCUT2D eigenvalue weighted by atomic mass is 19.2. The van der Waals surface area contributed by atoms with Gasteiger partial charge in [-0.2, -0.15) is 8.78 Å². The van der Waals surface area contributed by atoms with E-state index in [2.05, 4.69) is 4.74 Å². The summed E-state index contributed by atoms with van der Waals surface area (Å²) in [6.45, 7) is 3.22. The van der Waals surface area contributed by atoms with Gasteiger partial charge in [0.25, 0.3) is 0 Å². The topological polar surface area (TPSA) is 26.3 Å². The number of esters is 1. The van der Waals surface area contributed by atoms with Gasteiger partial charge >= 0.3 is 5.97 Å². The summed E-state index contributed by atoms with van der Waals surface area (Å²) in [5.41, 5.74) is -4.99. The summed E-state index contributed by atoms with van der Waals surface area (Å²) in [6.07, 6.45) is 4.59. The quantitative estimate of drug-likeness (QED) is 0.164. The lowest BCUT2D eigenvalue weighted by Crippen LogP contribution is -2.26. The summed E-state index contributed by atoms with van der Waals surface area (Å²) >= 11 is 0. The van der Waals surface area contributed by atoms with Gasteiger partial charge in [0.05, 0.1) is 17.0 Å². The predicted molar refractivity (Wildman–Crippen MR) is 112 cm³/mol. The Bertz CT molecular complexity index is 1070. The van der Waals surface area contributed by atoms with Crippen LogP contribution < -0.4 is 4.74 Å². The Morgan fingerprint density at radius 2 is 1.17 bits per heavy atom. The second kappa shape index (κ2) is 11.0. The normalized spacial score (nSPS) is 18.1. The van der Waals surface area contributed by atoms with Crippen molar-refractivity contribution in [1.29, 1.82) is 0 Å². The van der Waals surface area contributed by atoms with Crippen molar-refractivity contribution in [3.63, 3.8) is 0 Å². The minimum atomic E-state index is -2.36. The zero-order chi connectivity index (χ0) is 26.0. The molecule has 0 saturated heterocycles. The van der Waals surface area contributed by atoms with Crippen LogP contribution in [-0.4, -0.2) is 5.97 Å². The summed E-state index contributed by atoms with van der Waals surface area (Å²) in [5.74, 6) is -20.8. The average Bonchev–Trinajstić information content (AvgIpc) is 2.85. The molecule has 1 saturated carbocycles. The lowest BCUT2D eigenvalue weighted by atomic mass is 9.80. The van der Waals surface area contributed by atoms with Crippen molar-refractivity contribution in [3.05, 3.63) is 52.1 Å². The molecule has 2 nitrogen and oxygen atoms in total. The average molecular weight is 508 g/mol. The molecule has 0 atom stereocenters. The number of hydrogen-bond acceptors (Lipinski definition) is 2. The van der Waals surface area contributed by atoms with Gasteiger partial charge in [-0.15, -0.1) is 0 Å². The molecule has 0 aliphatic heterocycles. The number of benzene rings is 2. The number of carbonyl (C=O) groups excluding carboxylic acids is 1. The first-order valence-corrected chi connectivity index (χ1v) is 11.5. The van der Waals surface area contributed by atoms with Crippen molar-refractivity contribution in [2.75, 3.05) is 0 Å². The van der Waals surface area contributed by atoms with Crippen LogP contribution in [0.1, 0.15) is 64.4 Å². The number of ether oxygens (including phenoxy) is 1. The molecule has 1 aliphatic rings. The molecular weight excluding hydrogens is 484 g/mol. The fraction of sp³-hybridized carbons (Fsp3) is 0.480. The second-order valence-corrected chi connectivity index (χ2v) is 8.70. The molecule has 0 unspecified atom stereocenters. The van der Waals surface area contributed by atoms with Crippen molar-refractivity contribution >= 4 is 5.97 Å². The molecule has 0 radical (unpaired) electrons. The fourth-order valence-corrected chi connectivity index (χ4v) is 4.49. The Balaban J connectivity index is 1.95. The van der Waals surface area contributed by atoms with Crippen molar-refractivity contribution in [3.8, 4) is 16.9 Å². The first-order valence-electron chi connectivity index (χ1n) is 11.5. The molecular formula is C25H24F8O2. The van der Waals surface area contributed by atoms with Gasteiger partial charge in [-0.1, -0.05) is 33.1 Å². The maximum Gasteiger partial charge on any atom is 0.314 e. The van der Waals surface area contributed by atoms with E-state index in [1.54, 1.807) is 0 Å². The molecule has 192 valence electrons. The van der Waals surface area contributed by atoms with E-state index in [0.29, 0.717) is 31.6 Å². The van der Waals surface area contributed by atoms with E-state index in [1.165, 1.54) is 6.92 Å². The van der Waals surface area contributed by atoms with Gasteiger partial charge in [0.2, 0.25) is 17.4 Å². The third-order valence-corrected chi connectivity index (χ3v) is 6.53. The van der Waals surface area contributed by atoms with Crippen LogP contribution in [0, 0.1) is 58.4 Å². The van der Waals surface area contributed by atoms with Crippen LogP contribution in [0.2, 0.25) is 0 Å². The predicted octanol–water partition coefficient (Wildman–Crippen LogP) is 7.93. The van der Waals surface area contributed by atoms with Gasteiger partial charge in [-0.05, 0) is 38.0 Å². The molecule has 0 heterocycles. The van der Waals surface area contributed by atoms with Crippen LogP contribution in [-0.2, 0) is 11.2 Å². The van der Waals surface area contributed by atoms with Gasteiger partial charge in [0.1, 0.15) is 0 Å². The first-order chi connectivity index (χ1) is 16.5. The second-order valence-electron chi connectivity index (χ2n) is 8.70. The Labute approximate surface area is 197 Å². The van der Waals surface area contributed by atoms with E-state index < -0.39 is 87.3 Å². The van der Waals surface area contributed by atoms with Crippen LogP contribution >= 0.6 is 0 Å². The standard InChI is InChI=1S/C25H24F8O2/c1-3-5-6-11-7-9-12(10-8-11)25(34)35-24-22(32)20(30)15(21(31)23(24)33)14-18(28)16(26)13(4-2)17(27)19(14)29/h11-12H,3-10H2,1-2H3. The minimum absolute atomic E-state index is 0.359. The SMILES string of the molecule is CCCCC1CCC(C(=O)Oc2c(F)c(F)c(-c3c(F)c(F)c(CC)c(F)c3F)c(F)c2F)CC1. The van der Waals surface area contributed by atoms with E-state index >= 15 is 0 Å². The zero-order valence-corrected chi connectivity index (χ0v) is 19.2. The third-order valence-electron chi connectivity index (χ3n) is 6.53. The number of carbonyl (C=O) groups is 1. The van der Waals surface area contributed by atoms with Crippen LogP contribution in [0.3, 0.4) is 0 Å². The van der Waals surface area contributed by atoms with Crippen LogP contribution in [0.4, 0.5) is 35.1 Å². The van der Waals surface area contributed by atoms with E-state index in [-0.39, 0.29) is 0 Å². The molecule has 0 amide bonds. The summed E-state index contributed by atoms with van der Waals surface area (Å²) in [7, 11) is 0. The molecule has 0 N–H and O–H groups in total. The fourth-order valence-electron chi connectivity index (χ4n) is 4.49. The first kappa shape index (κ1) is 26.9. The molecule has 3 rings (SSSR count). The van der Waals surface area contributed by atoms with Crippen molar-refractivity contribution in [2.24, 2.45) is 11.8 Å². The molecule has 1 aliphatic carbocycles. The molecule has 2 aromatic rings. The highest BCUT2D eigenvalue weighted by Crippen LogP contribution is 2.41. The number of halogens is 8. The van der Waals surface area contributed by atoms with Crippen molar-refractivity contribution < 1.29 is 44.7 Å². The molecule has 35 heavy (non-hydrogen) atoms. The molecule has 0 aromatic heterocycles. The lowest BCUT2D eigenvalue weighted by molar-refractivity contribution is -0.140. The van der Waals surface area contributed by atoms with Crippen molar-refractivity contribution in [2.45, 2.75) is 65.2 Å². The van der Waals surface area contributed by atoms with E-state index in [4.69, 9.17) is 0 Å². The van der Waals surface area contributed by atoms with Crippen LogP contribution in [0.15, 0.2) is 0 Å². The molecule has 0 bridgehead atoms. The number of rotatable bonds is 7. The summed E-state index contributed by atoms with van der Waals surface area (Å²) in [5, 5.41) is 0. The zero-order valence-electron chi connectivity index (χ0n) is 19.2.